The average Bonchev–Trinajstić information content (AvgIpc) is 2.90. The summed E-state index contributed by atoms with van der Waals surface area (Å²) in [5.41, 5.74) is 0. The third-order valence-electron chi connectivity index (χ3n) is 6.90. The Labute approximate surface area is 228 Å². The number of aliphatic hydroxyl groups is 9. The summed E-state index contributed by atoms with van der Waals surface area (Å²) < 4.78 is 27.7. The van der Waals surface area contributed by atoms with E-state index in [-0.39, 0.29) is 0 Å². The van der Waals surface area contributed by atoms with Crippen LogP contribution in [0.2, 0.25) is 0 Å². The first-order valence-electron chi connectivity index (χ1n) is 12.6. The number of rotatable bonds is 9. The van der Waals surface area contributed by atoms with Gasteiger partial charge in [-0.15, -0.1) is 0 Å². The van der Waals surface area contributed by atoms with Crippen molar-refractivity contribution < 1.29 is 79.2 Å². The molecule has 18 heteroatoms. The van der Waals surface area contributed by atoms with Gasteiger partial charge >= 0.3 is 0 Å². The minimum Gasteiger partial charge on any atom is -0.394 e. The molecule has 0 saturated carbocycles. The molecule has 3 saturated heterocycles. The van der Waals surface area contributed by atoms with Gasteiger partial charge in [0.1, 0.15) is 73.1 Å². The molecule has 3 aliphatic rings. The lowest BCUT2D eigenvalue weighted by Crippen LogP contribution is -2.70. The maximum atomic E-state index is 12.0. The maximum Gasteiger partial charge on any atom is 0.217 e. The third-order valence-corrected chi connectivity index (χ3v) is 6.90. The fourth-order valence-electron chi connectivity index (χ4n) is 4.87. The first kappa shape index (κ1) is 32.9. The minimum atomic E-state index is -1.85. The summed E-state index contributed by atoms with van der Waals surface area (Å²) in [4.78, 5) is 23.5. The molecule has 3 aliphatic heterocycles. The summed E-state index contributed by atoms with van der Waals surface area (Å²) in [5.74, 6) is -1.30. The van der Waals surface area contributed by atoms with Crippen molar-refractivity contribution in [2.24, 2.45) is 0 Å². The lowest BCUT2D eigenvalue weighted by molar-refractivity contribution is -0.360. The normalized spacial score (nSPS) is 46.0. The molecular weight excluding hydrogens is 548 g/mol. The van der Waals surface area contributed by atoms with E-state index in [4.69, 9.17) is 23.7 Å². The fraction of sp³-hybridized carbons (Fsp3) is 0.909. The van der Waals surface area contributed by atoms with Crippen LogP contribution < -0.4 is 10.6 Å². The standard InChI is InChI=1S/C22H38N2O16/c1-6(28)23-11-14(31)18(9(4-26)36-20(11)35)39-21-12(24-7(2)29)15(32)19(10(5-27)38-21)40-22-17(34)16(33)13(30)8(3-25)37-22/h8-22,25-27,30-35H,3-5H2,1-2H3,(H,23,28)(H,24,29)/t8-,9-,10-,11-,12-,13-,14-,15-,16+,17+,18-,19-,20+,21-,22-/m1/s1. The van der Waals surface area contributed by atoms with Crippen molar-refractivity contribution in [1.82, 2.24) is 10.6 Å². The predicted molar refractivity (Wildman–Crippen MR) is 124 cm³/mol. The molecule has 18 nitrogen and oxygen atoms in total. The first-order chi connectivity index (χ1) is 18.8. The number of carbonyl (C=O) groups is 2. The van der Waals surface area contributed by atoms with Crippen LogP contribution >= 0.6 is 0 Å². The zero-order valence-corrected chi connectivity index (χ0v) is 21.7. The molecule has 0 radical (unpaired) electrons. The van der Waals surface area contributed by atoms with Crippen LogP contribution in [0.1, 0.15) is 13.8 Å². The number of ether oxygens (including phenoxy) is 5. The van der Waals surface area contributed by atoms with Gasteiger partial charge < -0.3 is 80.3 Å². The summed E-state index contributed by atoms with van der Waals surface area (Å²) in [6.07, 6.45) is -21.1. The van der Waals surface area contributed by atoms with Gasteiger partial charge in [0.15, 0.2) is 18.9 Å². The Morgan fingerprint density at radius 2 is 1.05 bits per heavy atom. The summed E-state index contributed by atoms with van der Waals surface area (Å²) in [6.45, 7) is -0.117. The molecule has 3 heterocycles. The molecule has 0 bridgehead atoms. The Morgan fingerprint density at radius 1 is 0.600 bits per heavy atom. The molecule has 0 aromatic heterocycles. The number of amides is 2. The zero-order chi connectivity index (χ0) is 29.9. The minimum absolute atomic E-state index is 0.623. The maximum absolute atomic E-state index is 12.0. The second-order valence-corrected chi connectivity index (χ2v) is 9.81. The number of carbonyl (C=O) groups excluding carboxylic acids is 2. The van der Waals surface area contributed by atoms with Gasteiger partial charge in [0.05, 0.1) is 19.8 Å². The lowest BCUT2D eigenvalue weighted by Gasteiger charge is -2.49. The summed E-state index contributed by atoms with van der Waals surface area (Å²) in [7, 11) is 0. The van der Waals surface area contributed by atoms with Crippen molar-refractivity contribution in [3.05, 3.63) is 0 Å². The second kappa shape index (κ2) is 14.0. The van der Waals surface area contributed by atoms with Gasteiger partial charge in [-0.05, 0) is 0 Å². The highest BCUT2D eigenvalue weighted by molar-refractivity contribution is 5.73. The molecule has 232 valence electrons. The van der Waals surface area contributed by atoms with Gasteiger partial charge in [-0.2, -0.15) is 0 Å². The molecule has 3 rings (SSSR count). The van der Waals surface area contributed by atoms with E-state index in [1.165, 1.54) is 0 Å². The number of nitrogens with one attached hydrogen (secondary N) is 2. The quantitative estimate of drug-likeness (QED) is 0.120. The Morgan fingerprint density at radius 3 is 1.57 bits per heavy atom. The largest absolute Gasteiger partial charge is 0.394 e. The van der Waals surface area contributed by atoms with E-state index in [1.807, 2.05) is 0 Å². The van der Waals surface area contributed by atoms with Crippen molar-refractivity contribution >= 4 is 11.8 Å². The molecule has 0 aromatic carbocycles. The van der Waals surface area contributed by atoms with E-state index in [9.17, 15) is 55.5 Å². The Bertz CT molecular complexity index is 852. The van der Waals surface area contributed by atoms with Crippen LogP contribution in [-0.2, 0) is 33.3 Å². The average molecular weight is 587 g/mol. The fourth-order valence-corrected chi connectivity index (χ4v) is 4.87. The van der Waals surface area contributed by atoms with E-state index in [0.717, 1.165) is 13.8 Å². The van der Waals surface area contributed by atoms with Crippen molar-refractivity contribution in [3.8, 4) is 0 Å². The molecule has 0 spiro atoms. The van der Waals surface area contributed by atoms with Crippen LogP contribution in [0.4, 0.5) is 0 Å². The van der Waals surface area contributed by atoms with Gasteiger partial charge in [0, 0.05) is 13.8 Å². The van der Waals surface area contributed by atoms with Crippen LogP contribution in [-0.4, -0.2) is 170 Å². The monoisotopic (exact) mass is 586 g/mol. The molecule has 2 amide bonds. The molecule has 11 N–H and O–H groups in total. The summed E-state index contributed by atoms with van der Waals surface area (Å²) >= 11 is 0. The van der Waals surface area contributed by atoms with E-state index < -0.39 is 124 Å². The van der Waals surface area contributed by atoms with Crippen LogP contribution in [0.25, 0.3) is 0 Å². The van der Waals surface area contributed by atoms with Crippen molar-refractivity contribution in [3.63, 3.8) is 0 Å². The van der Waals surface area contributed by atoms with Crippen LogP contribution in [0.5, 0.6) is 0 Å². The first-order valence-corrected chi connectivity index (χ1v) is 12.6. The second-order valence-electron chi connectivity index (χ2n) is 9.81. The van der Waals surface area contributed by atoms with E-state index >= 15 is 0 Å². The van der Waals surface area contributed by atoms with Crippen molar-refractivity contribution in [2.45, 2.75) is 106 Å². The Kier molecular flexibility index (Phi) is 11.5. The van der Waals surface area contributed by atoms with Gasteiger partial charge in [0.2, 0.25) is 11.8 Å². The van der Waals surface area contributed by atoms with Gasteiger partial charge in [-0.1, -0.05) is 0 Å². The number of aliphatic hydroxyl groups excluding tert-OH is 9. The third kappa shape index (κ3) is 7.05. The molecule has 15 atom stereocenters. The lowest BCUT2D eigenvalue weighted by atomic mass is 9.94. The SMILES string of the molecule is CC(=O)N[C@@H]1[C@@H](O)[C@H](O[C@H]2O[C@H](CO)[C@@H](O[C@H]3O[C@H](CO)[C@@H](O)[C@H](O)[C@@H]3O)[C@H](O)[C@H]2NC(C)=O)[C@@H](CO)O[C@@H]1O. The topological polar surface area (TPSA) is 286 Å². The predicted octanol–water partition coefficient (Wildman–Crippen LogP) is -7.29. The van der Waals surface area contributed by atoms with Gasteiger partial charge in [-0.25, -0.2) is 0 Å². The van der Waals surface area contributed by atoms with Crippen molar-refractivity contribution in [1.29, 1.82) is 0 Å². The van der Waals surface area contributed by atoms with E-state index in [2.05, 4.69) is 10.6 Å². The summed E-state index contributed by atoms with van der Waals surface area (Å²) in [5, 5.41) is 96.5. The van der Waals surface area contributed by atoms with E-state index in [1.54, 1.807) is 0 Å². The van der Waals surface area contributed by atoms with Crippen LogP contribution in [0.15, 0.2) is 0 Å². The molecule has 3 fully saturated rings. The highest BCUT2D eigenvalue weighted by atomic mass is 16.7. The number of hydrogen-bond acceptors (Lipinski definition) is 16. The van der Waals surface area contributed by atoms with E-state index in [0.29, 0.717) is 0 Å². The molecule has 0 aromatic rings. The highest BCUT2D eigenvalue weighted by Gasteiger charge is 2.54. The summed E-state index contributed by atoms with van der Waals surface area (Å²) in [6, 6.07) is -2.87. The Hall–Kier alpha value is -1.62. The molecule has 0 aliphatic carbocycles. The van der Waals surface area contributed by atoms with Gasteiger partial charge in [0.25, 0.3) is 0 Å². The Balaban J connectivity index is 1.85. The van der Waals surface area contributed by atoms with Crippen molar-refractivity contribution in [2.75, 3.05) is 19.8 Å². The van der Waals surface area contributed by atoms with Crippen LogP contribution in [0, 0.1) is 0 Å². The molecule has 40 heavy (non-hydrogen) atoms. The van der Waals surface area contributed by atoms with Crippen LogP contribution in [0.3, 0.4) is 0 Å². The highest BCUT2D eigenvalue weighted by Crippen LogP contribution is 2.32. The van der Waals surface area contributed by atoms with Gasteiger partial charge in [-0.3, -0.25) is 9.59 Å². The molecular formula is C22H38N2O16. The smallest absolute Gasteiger partial charge is 0.217 e. The zero-order valence-electron chi connectivity index (χ0n) is 21.7. The molecule has 0 unspecified atom stereocenters. The number of hydrogen-bond donors (Lipinski definition) is 11.